The van der Waals surface area contributed by atoms with E-state index in [2.05, 4.69) is 14.9 Å². The van der Waals surface area contributed by atoms with Gasteiger partial charge in [-0.25, -0.2) is 9.59 Å². The summed E-state index contributed by atoms with van der Waals surface area (Å²) in [5, 5.41) is 15.9. The molecular weight excluding hydrogens is 244 g/mol. The first-order valence-electron chi connectivity index (χ1n) is 5.13. The molecule has 17 heavy (non-hydrogen) atoms. The molecule has 2 rings (SSSR count). The zero-order valence-electron chi connectivity index (χ0n) is 9.21. The predicted molar refractivity (Wildman–Crippen MR) is 60.9 cm³/mol. The molecule has 0 radical (unpaired) electrons. The number of carboxylic acids is 1. The van der Waals surface area contributed by atoms with Crippen molar-refractivity contribution in [2.75, 3.05) is 11.9 Å². The first-order valence-corrected chi connectivity index (χ1v) is 5.91. The Bertz CT molecular complexity index is 435. The Labute approximate surface area is 102 Å². The van der Waals surface area contributed by atoms with Gasteiger partial charge in [0.05, 0.1) is 6.20 Å². The van der Waals surface area contributed by atoms with Crippen LogP contribution in [0, 0.1) is 0 Å². The highest BCUT2D eigenvalue weighted by Gasteiger charge is 2.46. The third-order valence-electron chi connectivity index (χ3n) is 2.94. The van der Waals surface area contributed by atoms with Crippen molar-refractivity contribution in [3.05, 3.63) is 6.20 Å². The molecule has 8 heteroatoms. The van der Waals surface area contributed by atoms with Crippen LogP contribution in [0.2, 0.25) is 0 Å². The molecule has 2 N–H and O–H groups in total. The van der Waals surface area contributed by atoms with Crippen LogP contribution in [0.1, 0.15) is 19.8 Å². The molecule has 0 aliphatic carbocycles. The lowest BCUT2D eigenvalue weighted by molar-refractivity contribution is -0.146. The van der Waals surface area contributed by atoms with E-state index in [-0.39, 0.29) is 0 Å². The largest absolute Gasteiger partial charge is 0.480 e. The summed E-state index contributed by atoms with van der Waals surface area (Å²) in [4.78, 5) is 24.5. The Morgan fingerprint density at radius 2 is 2.41 bits per heavy atom. The van der Waals surface area contributed by atoms with Gasteiger partial charge in [-0.1, -0.05) is 4.49 Å². The second-order valence-corrected chi connectivity index (χ2v) is 4.83. The van der Waals surface area contributed by atoms with Gasteiger partial charge in [0.2, 0.25) is 0 Å². The van der Waals surface area contributed by atoms with E-state index < -0.39 is 17.5 Å². The van der Waals surface area contributed by atoms with Crippen LogP contribution < -0.4 is 5.32 Å². The number of aromatic nitrogens is 2. The lowest BCUT2D eigenvalue weighted by atomic mass is 10.00. The monoisotopic (exact) mass is 256 g/mol. The molecule has 2 amide bonds. The molecule has 7 nitrogen and oxygen atoms in total. The zero-order chi connectivity index (χ0) is 12.5. The fourth-order valence-corrected chi connectivity index (χ4v) is 2.32. The second kappa shape index (κ2) is 4.28. The van der Waals surface area contributed by atoms with Gasteiger partial charge in [0, 0.05) is 18.1 Å². The van der Waals surface area contributed by atoms with Crippen LogP contribution in [-0.2, 0) is 4.79 Å². The van der Waals surface area contributed by atoms with Crippen LogP contribution in [0.15, 0.2) is 6.20 Å². The van der Waals surface area contributed by atoms with E-state index in [1.165, 1.54) is 11.1 Å². The zero-order valence-corrected chi connectivity index (χ0v) is 10.0. The highest BCUT2D eigenvalue weighted by molar-refractivity contribution is 7.10. The number of amides is 2. The lowest BCUT2D eigenvalue weighted by Crippen LogP contribution is -2.52. The molecule has 1 atom stereocenters. The highest BCUT2D eigenvalue weighted by atomic mass is 32.1. The Hall–Kier alpha value is -1.70. The summed E-state index contributed by atoms with van der Waals surface area (Å²) >= 11 is 1.05. The van der Waals surface area contributed by atoms with Crippen LogP contribution in [0.25, 0.3) is 0 Å². The summed E-state index contributed by atoms with van der Waals surface area (Å²) < 4.78 is 3.62. The van der Waals surface area contributed by atoms with Crippen molar-refractivity contribution in [1.82, 2.24) is 14.5 Å². The molecular formula is C9H12N4O3S. The minimum atomic E-state index is -1.12. The van der Waals surface area contributed by atoms with Crippen LogP contribution in [0.5, 0.6) is 0 Å². The molecule has 0 bridgehead atoms. The van der Waals surface area contributed by atoms with Crippen LogP contribution in [0.3, 0.4) is 0 Å². The smallest absolute Gasteiger partial charge is 0.329 e. The summed E-state index contributed by atoms with van der Waals surface area (Å²) in [7, 11) is 0. The van der Waals surface area contributed by atoms with Crippen molar-refractivity contribution in [3.63, 3.8) is 0 Å². The number of carboxylic acid groups (broad SMARTS) is 1. The van der Waals surface area contributed by atoms with Crippen molar-refractivity contribution in [3.8, 4) is 0 Å². The van der Waals surface area contributed by atoms with Gasteiger partial charge >= 0.3 is 12.0 Å². The van der Waals surface area contributed by atoms with Gasteiger partial charge in [-0.05, 0) is 19.8 Å². The van der Waals surface area contributed by atoms with E-state index in [1.807, 2.05) is 0 Å². The number of hydrogen-bond donors (Lipinski definition) is 2. The van der Waals surface area contributed by atoms with Crippen LogP contribution in [-0.4, -0.2) is 43.7 Å². The molecule has 1 saturated heterocycles. The Kier molecular flexibility index (Phi) is 2.97. The van der Waals surface area contributed by atoms with E-state index in [9.17, 15) is 14.7 Å². The van der Waals surface area contributed by atoms with Gasteiger partial charge in [-0.2, -0.15) is 0 Å². The second-order valence-electron chi connectivity index (χ2n) is 4.05. The molecule has 0 aromatic carbocycles. The number of nitrogens with one attached hydrogen (secondary N) is 1. The molecule has 1 fully saturated rings. The van der Waals surface area contributed by atoms with Crippen molar-refractivity contribution in [1.29, 1.82) is 0 Å². The number of carbonyl (C=O) groups is 2. The number of rotatable bonds is 2. The van der Waals surface area contributed by atoms with Crippen LogP contribution >= 0.6 is 11.5 Å². The Morgan fingerprint density at radius 1 is 1.65 bits per heavy atom. The number of urea groups is 1. The topological polar surface area (TPSA) is 95.4 Å². The molecule has 1 aromatic rings. The molecule has 1 aliphatic rings. The van der Waals surface area contributed by atoms with E-state index in [1.54, 1.807) is 6.92 Å². The van der Waals surface area contributed by atoms with Crippen molar-refractivity contribution in [2.45, 2.75) is 25.3 Å². The summed E-state index contributed by atoms with van der Waals surface area (Å²) in [5.74, 6) is -0.979. The summed E-state index contributed by atoms with van der Waals surface area (Å²) in [6.07, 6.45) is 2.59. The number of likely N-dealkylation sites (tertiary alicyclic amines) is 1. The number of anilines is 1. The fraction of sp³-hybridized carbons (Fsp3) is 0.556. The normalized spacial score (nSPS) is 23.7. The summed E-state index contributed by atoms with van der Waals surface area (Å²) in [6.45, 7) is 2.01. The molecule has 0 saturated carbocycles. The van der Waals surface area contributed by atoms with Gasteiger partial charge in [0.25, 0.3) is 0 Å². The van der Waals surface area contributed by atoms with Crippen molar-refractivity contribution < 1.29 is 14.7 Å². The van der Waals surface area contributed by atoms with Gasteiger partial charge in [0.15, 0.2) is 0 Å². The molecule has 1 aliphatic heterocycles. The van der Waals surface area contributed by atoms with E-state index in [0.29, 0.717) is 24.4 Å². The van der Waals surface area contributed by atoms with E-state index in [0.717, 1.165) is 11.5 Å². The third kappa shape index (κ3) is 2.07. The minimum Gasteiger partial charge on any atom is -0.480 e. The quantitative estimate of drug-likeness (QED) is 0.823. The summed E-state index contributed by atoms with van der Waals surface area (Å²) in [5.41, 5.74) is -1.12. The fourth-order valence-electron chi connectivity index (χ4n) is 1.91. The van der Waals surface area contributed by atoms with E-state index in [4.69, 9.17) is 0 Å². The summed E-state index contributed by atoms with van der Waals surface area (Å²) in [6, 6.07) is -0.418. The Balaban J connectivity index is 2.11. The van der Waals surface area contributed by atoms with Crippen molar-refractivity contribution in [2.24, 2.45) is 0 Å². The average molecular weight is 256 g/mol. The third-order valence-corrected chi connectivity index (χ3v) is 3.52. The molecule has 0 spiro atoms. The van der Waals surface area contributed by atoms with Gasteiger partial charge in [0.1, 0.15) is 10.5 Å². The molecule has 1 unspecified atom stereocenters. The predicted octanol–water partition coefficient (Wildman–Crippen LogP) is 1.01. The van der Waals surface area contributed by atoms with Gasteiger partial charge in [-0.15, -0.1) is 5.10 Å². The van der Waals surface area contributed by atoms with E-state index >= 15 is 0 Å². The van der Waals surface area contributed by atoms with Gasteiger partial charge < -0.3 is 10.0 Å². The standard InChI is InChI=1S/C9H12N4O3S/c1-9(7(14)15)3-2-4-13(9)8(16)11-6-5-10-12-17-6/h5H,2-4H2,1H3,(H,11,16)(H,14,15). The maximum atomic E-state index is 11.9. The molecule has 2 heterocycles. The SMILES string of the molecule is CC1(C(=O)O)CCCN1C(=O)Nc1cnns1. The van der Waals surface area contributed by atoms with Gasteiger partial charge in [-0.3, -0.25) is 5.32 Å². The Morgan fingerprint density at radius 3 is 3.00 bits per heavy atom. The molecule has 92 valence electrons. The average Bonchev–Trinajstić information content (AvgIpc) is 2.87. The number of carbonyl (C=O) groups excluding carboxylic acids is 1. The number of aliphatic carboxylic acids is 1. The highest BCUT2D eigenvalue weighted by Crippen LogP contribution is 2.30. The molecule has 1 aromatic heterocycles. The minimum absolute atomic E-state index is 0.418. The maximum absolute atomic E-state index is 11.9. The first-order chi connectivity index (χ1) is 8.04. The maximum Gasteiger partial charge on any atom is 0.329 e. The number of hydrogen-bond acceptors (Lipinski definition) is 5. The van der Waals surface area contributed by atoms with Crippen LogP contribution in [0.4, 0.5) is 9.80 Å². The first kappa shape index (κ1) is 11.8. The van der Waals surface area contributed by atoms with Crippen molar-refractivity contribution >= 4 is 28.5 Å². The lowest BCUT2D eigenvalue weighted by Gasteiger charge is -2.30. The number of nitrogens with zero attached hydrogens (tertiary/aromatic N) is 3.